The molecule has 0 saturated carbocycles. The first kappa shape index (κ1) is 16.3. The van der Waals surface area contributed by atoms with Crippen LogP contribution in [0.1, 0.15) is 15.9 Å². The third-order valence-corrected chi connectivity index (χ3v) is 3.42. The van der Waals surface area contributed by atoms with E-state index >= 15 is 0 Å². The number of carbonyl (C=O) groups excluding carboxylic acids is 1. The fraction of sp³-hybridized carbons (Fsp3) is 0.118. The molecule has 0 spiro atoms. The summed E-state index contributed by atoms with van der Waals surface area (Å²) in [4.78, 5) is 20.7. The molecular formula is C17H17N5O3. The molecule has 1 heterocycles. The number of rotatable bonds is 3. The molecule has 0 aliphatic carbocycles. The van der Waals surface area contributed by atoms with Gasteiger partial charge in [0, 0.05) is 11.6 Å². The van der Waals surface area contributed by atoms with Gasteiger partial charge in [-0.3, -0.25) is 4.79 Å². The lowest BCUT2D eigenvalue weighted by Gasteiger charge is -2.20. The third kappa shape index (κ3) is 3.69. The van der Waals surface area contributed by atoms with Gasteiger partial charge in [-0.2, -0.15) is 4.99 Å². The predicted molar refractivity (Wildman–Crippen MR) is 94.4 cm³/mol. The average molecular weight is 339 g/mol. The molecule has 0 aromatic heterocycles. The molecule has 1 aliphatic heterocycles. The number of aliphatic imine (C=N–C) groups is 2. The first-order valence-electron chi connectivity index (χ1n) is 7.52. The van der Waals surface area contributed by atoms with Gasteiger partial charge in [-0.05, 0) is 6.07 Å². The van der Waals surface area contributed by atoms with Gasteiger partial charge in [-0.1, -0.05) is 30.3 Å². The predicted octanol–water partition coefficient (Wildman–Crippen LogP) is 0.908. The quantitative estimate of drug-likeness (QED) is 0.431. The van der Waals surface area contributed by atoms with Crippen molar-refractivity contribution in [2.24, 2.45) is 27.2 Å². The second kappa shape index (κ2) is 6.91. The molecule has 2 aromatic rings. The number of nitrogens with two attached hydrogens (primary N) is 3. The van der Waals surface area contributed by atoms with E-state index in [1.807, 2.05) is 6.07 Å². The Labute approximate surface area is 144 Å². The zero-order chi connectivity index (χ0) is 17.8. The maximum atomic E-state index is 12.9. The van der Waals surface area contributed by atoms with E-state index < -0.39 is 0 Å². The van der Waals surface area contributed by atoms with Crippen LogP contribution in [0.3, 0.4) is 0 Å². The molecular weight excluding hydrogens is 322 g/mol. The minimum absolute atomic E-state index is 0.168. The monoisotopic (exact) mass is 339 g/mol. The molecule has 0 amide bonds. The summed E-state index contributed by atoms with van der Waals surface area (Å²) in [5.74, 6) is 0.333. The largest absolute Gasteiger partial charge is 0.486 e. The zero-order valence-corrected chi connectivity index (χ0v) is 13.3. The van der Waals surface area contributed by atoms with Crippen LogP contribution >= 0.6 is 0 Å². The van der Waals surface area contributed by atoms with Crippen LogP contribution in [0.15, 0.2) is 52.4 Å². The highest BCUT2D eigenvalue weighted by molar-refractivity contribution is 6.13. The fourth-order valence-corrected chi connectivity index (χ4v) is 2.38. The van der Waals surface area contributed by atoms with Gasteiger partial charge in [-0.15, -0.1) is 0 Å². The first-order chi connectivity index (χ1) is 12.0. The van der Waals surface area contributed by atoms with Crippen LogP contribution in [-0.4, -0.2) is 30.9 Å². The summed E-state index contributed by atoms with van der Waals surface area (Å²) in [6.45, 7) is 0.816. The van der Waals surface area contributed by atoms with E-state index in [0.717, 1.165) is 0 Å². The van der Waals surface area contributed by atoms with E-state index in [-0.39, 0.29) is 17.7 Å². The fourth-order valence-electron chi connectivity index (χ4n) is 2.38. The molecule has 1 aliphatic rings. The van der Waals surface area contributed by atoms with E-state index in [1.165, 1.54) is 0 Å². The van der Waals surface area contributed by atoms with Gasteiger partial charge in [0.2, 0.25) is 5.96 Å². The van der Waals surface area contributed by atoms with E-state index in [0.29, 0.717) is 41.5 Å². The third-order valence-electron chi connectivity index (χ3n) is 3.42. The van der Waals surface area contributed by atoms with E-state index in [1.54, 1.807) is 36.4 Å². The molecule has 0 bridgehead atoms. The van der Waals surface area contributed by atoms with Gasteiger partial charge in [0.1, 0.15) is 13.2 Å². The van der Waals surface area contributed by atoms with Crippen molar-refractivity contribution in [3.63, 3.8) is 0 Å². The highest BCUT2D eigenvalue weighted by atomic mass is 16.6. The van der Waals surface area contributed by atoms with Crippen molar-refractivity contribution in [1.29, 1.82) is 0 Å². The van der Waals surface area contributed by atoms with E-state index in [9.17, 15) is 4.79 Å². The van der Waals surface area contributed by atoms with Crippen LogP contribution in [0.25, 0.3) is 0 Å². The molecule has 2 aromatic carbocycles. The van der Waals surface area contributed by atoms with Crippen LogP contribution in [0.5, 0.6) is 11.5 Å². The van der Waals surface area contributed by atoms with Gasteiger partial charge in [0.15, 0.2) is 23.2 Å². The van der Waals surface area contributed by atoms with Crippen molar-refractivity contribution >= 4 is 23.4 Å². The molecule has 8 heteroatoms. The normalized spacial score (nSPS) is 13.2. The van der Waals surface area contributed by atoms with Crippen LogP contribution < -0.4 is 26.7 Å². The number of hydrogen-bond acceptors (Lipinski definition) is 4. The van der Waals surface area contributed by atoms with Crippen LogP contribution in [0, 0.1) is 0 Å². The Balaban J connectivity index is 2.11. The molecule has 0 unspecified atom stereocenters. The lowest BCUT2D eigenvalue weighted by atomic mass is 10.0. The number of ketones is 1. The lowest BCUT2D eigenvalue weighted by Crippen LogP contribution is -2.26. The number of guanidine groups is 2. The molecule has 6 N–H and O–H groups in total. The molecule has 25 heavy (non-hydrogen) atoms. The topological polar surface area (TPSA) is 138 Å². The van der Waals surface area contributed by atoms with Gasteiger partial charge >= 0.3 is 0 Å². The Morgan fingerprint density at radius 1 is 0.960 bits per heavy atom. The summed E-state index contributed by atoms with van der Waals surface area (Å²) in [6, 6.07) is 12.0. The summed E-state index contributed by atoms with van der Waals surface area (Å²) >= 11 is 0. The van der Waals surface area contributed by atoms with E-state index in [4.69, 9.17) is 26.7 Å². The molecule has 8 nitrogen and oxygen atoms in total. The number of fused-ring (bicyclic) bond motifs is 1. The number of ether oxygens (including phenoxy) is 2. The second-order valence-corrected chi connectivity index (χ2v) is 5.21. The van der Waals surface area contributed by atoms with Gasteiger partial charge in [-0.25, -0.2) is 4.99 Å². The second-order valence-electron chi connectivity index (χ2n) is 5.21. The molecule has 0 fully saturated rings. The summed E-state index contributed by atoms with van der Waals surface area (Å²) in [5, 5.41) is 0. The summed E-state index contributed by atoms with van der Waals surface area (Å²) in [5.41, 5.74) is 17.4. The van der Waals surface area contributed by atoms with Crippen LogP contribution in [0.4, 0.5) is 5.69 Å². The van der Waals surface area contributed by atoms with E-state index in [2.05, 4.69) is 9.98 Å². The highest BCUT2D eigenvalue weighted by Crippen LogP contribution is 2.37. The molecule has 128 valence electrons. The maximum absolute atomic E-state index is 12.9. The zero-order valence-electron chi connectivity index (χ0n) is 13.3. The molecule has 0 saturated heterocycles. The Hall–Kier alpha value is -3.55. The first-order valence-corrected chi connectivity index (χ1v) is 7.52. The number of benzene rings is 2. The minimum Gasteiger partial charge on any atom is -0.486 e. The van der Waals surface area contributed by atoms with Crippen LogP contribution in [0.2, 0.25) is 0 Å². The van der Waals surface area contributed by atoms with Crippen LogP contribution in [-0.2, 0) is 0 Å². The Morgan fingerprint density at radius 3 is 2.24 bits per heavy atom. The smallest absolute Gasteiger partial charge is 0.223 e. The molecule has 0 atom stereocenters. The maximum Gasteiger partial charge on any atom is 0.223 e. The van der Waals surface area contributed by atoms with Crippen molar-refractivity contribution in [2.75, 3.05) is 13.2 Å². The molecule has 0 radical (unpaired) electrons. The summed E-state index contributed by atoms with van der Waals surface area (Å²) < 4.78 is 11.1. The summed E-state index contributed by atoms with van der Waals surface area (Å²) in [6.07, 6.45) is 0. The average Bonchev–Trinajstić information content (AvgIpc) is 2.60. The minimum atomic E-state index is -0.228. The van der Waals surface area contributed by atoms with Crippen molar-refractivity contribution in [3.8, 4) is 11.5 Å². The number of hydrogen-bond donors (Lipinski definition) is 3. The van der Waals surface area contributed by atoms with Crippen molar-refractivity contribution < 1.29 is 14.3 Å². The Morgan fingerprint density at radius 2 is 1.60 bits per heavy atom. The van der Waals surface area contributed by atoms with Gasteiger partial charge in [0.05, 0.1) is 11.3 Å². The molecule has 3 rings (SSSR count). The van der Waals surface area contributed by atoms with Crippen molar-refractivity contribution in [2.45, 2.75) is 0 Å². The van der Waals surface area contributed by atoms with Crippen molar-refractivity contribution in [3.05, 3.63) is 53.6 Å². The Kier molecular flexibility index (Phi) is 4.51. The Bertz CT molecular complexity index is 858. The standard InChI is InChI=1S/C17H17N5O3/c18-16(19)22-17(20)21-12-9-14-13(24-6-7-25-14)8-11(12)15(23)10-4-2-1-3-5-10/h1-5,8-9H,6-7H2,(H6,18,19,20,21,22). The highest BCUT2D eigenvalue weighted by Gasteiger charge is 2.21. The lowest BCUT2D eigenvalue weighted by molar-refractivity contribution is 0.103. The SMILES string of the molecule is NC(N)=NC(N)=Nc1cc2c(cc1C(=O)c1ccccc1)OCCO2. The summed E-state index contributed by atoms with van der Waals surface area (Å²) in [7, 11) is 0. The van der Waals surface area contributed by atoms with Gasteiger partial charge < -0.3 is 26.7 Å². The number of nitrogens with zero attached hydrogens (tertiary/aromatic N) is 2. The number of carbonyl (C=O) groups is 1. The van der Waals surface area contributed by atoms with Gasteiger partial charge in [0.25, 0.3) is 0 Å². The van der Waals surface area contributed by atoms with Crippen molar-refractivity contribution in [1.82, 2.24) is 0 Å².